The lowest BCUT2D eigenvalue weighted by Crippen LogP contribution is -1.94. The van der Waals surface area contributed by atoms with Gasteiger partial charge in [0.05, 0.1) is 7.11 Å². The highest BCUT2D eigenvalue weighted by Gasteiger charge is 1.88. The van der Waals surface area contributed by atoms with E-state index >= 15 is 0 Å². The van der Waals surface area contributed by atoms with Crippen molar-refractivity contribution in [3.05, 3.63) is 12.2 Å². The lowest BCUT2D eigenvalue weighted by atomic mass is 10.1. The molecule has 0 saturated carbocycles. The zero-order chi connectivity index (χ0) is 12.8. The van der Waals surface area contributed by atoms with Gasteiger partial charge in [-0.3, -0.25) is 0 Å². The third-order valence-corrected chi connectivity index (χ3v) is 2.44. The first-order valence-corrected chi connectivity index (χ1v) is 6.53. The Morgan fingerprint density at radius 2 is 1.76 bits per heavy atom. The van der Waals surface area contributed by atoms with Crippen LogP contribution in [0.4, 0.5) is 0 Å². The quantitative estimate of drug-likeness (QED) is 0.210. The Morgan fingerprint density at radius 3 is 2.35 bits per heavy atom. The average molecular weight is 236 g/mol. The predicted octanol–water partition coefficient (Wildman–Crippen LogP) is 3.86. The Hall–Kier alpha value is -1.23. The van der Waals surface area contributed by atoms with E-state index in [1.165, 1.54) is 32.8 Å². The smallest absolute Gasteiger partial charge is 0.384 e. The first-order chi connectivity index (χ1) is 8.31. The molecule has 0 saturated heterocycles. The average Bonchev–Trinajstić information content (AvgIpc) is 2.35. The van der Waals surface area contributed by atoms with E-state index in [9.17, 15) is 4.79 Å². The number of methoxy groups -OCH3 is 1. The number of allylic oxidation sites excluding steroid dienone is 2. The van der Waals surface area contributed by atoms with E-state index in [1.54, 1.807) is 0 Å². The molecule has 0 aliphatic heterocycles. The minimum absolute atomic E-state index is 0.444. The van der Waals surface area contributed by atoms with Crippen molar-refractivity contribution in [3.63, 3.8) is 0 Å². The van der Waals surface area contributed by atoms with E-state index in [-0.39, 0.29) is 0 Å². The van der Waals surface area contributed by atoms with Crippen molar-refractivity contribution in [1.29, 1.82) is 0 Å². The molecule has 0 N–H and O–H groups in total. The van der Waals surface area contributed by atoms with Gasteiger partial charge in [-0.05, 0) is 32.1 Å². The number of unbranched alkanes of at least 4 members (excludes halogenated alkanes) is 6. The molecule has 0 rings (SSSR count). The van der Waals surface area contributed by atoms with E-state index in [0.29, 0.717) is 0 Å². The fraction of sp³-hybridized carbons (Fsp3) is 0.667. The van der Waals surface area contributed by atoms with Crippen LogP contribution in [0.25, 0.3) is 0 Å². The summed E-state index contributed by atoms with van der Waals surface area (Å²) in [6.07, 6.45) is 13.7. The Balaban J connectivity index is 3.28. The van der Waals surface area contributed by atoms with Crippen LogP contribution in [0.15, 0.2) is 12.2 Å². The number of rotatable bonds is 8. The normalized spacial score (nSPS) is 10.0. The summed E-state index contributed by atoms with van der Waals surface area (Å²) in [7, 11) is 1.35. The van der Waals surface area contributed by atoms with E-state index in [0.717, 1.165) is 25.7 Å². The van der Waals surface area contributed by atoms with Gasteiger partial charge in [0, 0.05) is 12.3 Å². The standard InChI is InChI=1S/C15H24O2/c1-3-4-5-6-7-8-9-10-11-12-13-14-15(16)17-2/h7-8H,3-6,9-12H2,1-2H3/b8-7-. The van der Waals surface area contributed by atoms with Crippen molar-refractivity contribution >= 4 is 5.97 Å². The minimum atomic E-state index is -0.444. The van der Waals surface area contributed by atoms with Crippen LogP contribution in [-0.2, 0) is 9.53 Å². The predicted molar refractivity (Wildman–Crippen MR) is 71.5 cm³/mol. The monoisotopic (exact) mass is 236 g/mol. The molecule has 0 aromatic rings. The van der Waals surface area contributed by atoms with Gasteiger partial charge in [0.15, 0.2) is 0 Å². The molecule has 2 heteroatoms. The van der Waals surface area contributed by atoms with Gasteiger partial charge in [0.2, 0.25) is 0 Å². The summed E-state index contributed by atoms with van der Waals surface area (Å²) in [6, 6.07) is 0. The second-order valence-corrected chi connectivity index (χ2v) is 4.01. The topological polar surface area (TPSA) is 26.3 Å². The summed E-state index contributed by atoms with van der Waals surface area (Å²) in [6.45, 7) is 2.22. The maximum absolute atomic E-state index is 10.7. The van der Waals surface area contributed by atoms with Gasteiger partial charge in [0.1, 0.15) is 0 Å². The lowest BCUT2D eigenvalue weighted by molar-refractivity contribution is -0.133. The van der Waals surface area contributed by atoms with Crippen LogP contribution in [0, 0.1) is 11.8 Å². The maximum atomic E-state index is 10.7. The number of hydrogen-bond acceptors (Lipinski definition) is 2. The summed E-state index contributed by atoms with van der Waals surface area (Å²) >= 11 is 0. The molecule has 0 heterocycles. The van der Waals surface area contributed by atoms with Gasteiger partial charge in [-0.25, -0.2) is 4.79 Å². The first kappa shape index (κ1) is 15.8. The van der Waals surface area contributed by atoms with E-state index in [2.05, 4.69) is 35.7 Å². The Bertz CT molecular complexity index is 268. The molecule has 2 nitrogen and oxygen atoms in total. The van der Waals surface area contributed by atoms with Crippen molar-refractivity contribution in [3.8, 4) is 11.8 Å². The molecular formula is C15H24O2. The zero-order valence-corrected chi connectivity index (χ0v) is 11.1. The first-order valence-electron chi connectivity index (χ1n) is 6.53. The molecular weight excluding hydrogens is 212 g/mol. The maximum Gasteiger partial charge on any atom is 0.384 e. The van der Waals surface area contributed by atoms with Gasteiger partial charge >= 0.3 is 5.97 Å². The molecule has 0 radical (unpaired) electrons. The highest BCUT2D eigenvalue weighted by molar-refractivity contribution is 5.88. The fourth-order valence-electron chi connectivity index (χ4n) is 1.41. The summed E-state index contributed by atoms with van der Waals surface area (Å²) < 4.78 is 4.42. The largest absolute Gasteiger partial charge is 0.459 e. The van der Waals surface area contributed by atoms with E-state index in [1.807, 2.05) is 0 Å². The summed E-state index contributed by atoms with van der Waals surface area (Å²) in [5.41, 5.74) is 0. The number of carbonyl (C=O) groups is 1. The van der Waals surface area contributed by atoms with Crippen LogP contribution in [0.2, 0.25) is 0 Å². The van der Waals surface area contributed by atoms with Crippen molar-refractivity contribution in [2.75, 3.05) is 7.11 Å². The molecule has 0 amide bonds. The van der Waals surface area contributed by atoms with Gasteiger partial charge in [0.25, 0.3) is 0 Å². The molecule has 96 valence electrons. The molecule has 0 unspecified atom stereocenters. The van der Waals surface area contributed by atoms with Crippen LogP contribution in [0.3, 0.4) is 0 Å². The molecule has 17 heavy (non-hydrogen) atoms. The third kappa shape index (κ3) is 12.7. The lowest BCUT2D eigenvalue weighted by Gasteiger charge is -1.93. The fourth-order valence-corrected chi connectivity index (χ4v) is 1.41. The molecule has 0 aliphatic carbocycles. The second kappa shape index (κ2) is 12.8. The van der Waals surface area contributed by atoms with Crippen LogP contribution in [-0.4, -0.2) is 13.1 Å². The molecule has 0 atom stereocenters. The Labute approximate surface area is 105 Å². The highest BCUT2D eigenvalue weighted by atomic mass is 16.5. The van der Waals surface area contributed by atoms with Crippen LogP contribution in [0.5, 0.6) is 0 Å². The number of esters is 1. The Morgan fingerprint density at radius 1 is 1.12 bits per heavy atom. The molecule has 0 aliphatic rings. The molecule has 0 aromatic heterocycles. The zero-order valence-electron chi connectivity index (χ0n) is 11.1. The summed E-state index contributed by atoms with van der Waals surface area (Å²) in [5, 5.41) is 0. The minimum Gasteiger partial charge on any atom is -0.459 e. The second-order valence-electron chi connectivity index (χ2n) is 4.01. The van der Waals surface area contributed by atoms with Crippen LogP contribution in [0.1, 0.15) is 58.3 Å². The van der Waals surface area contributed by atoms with Crippen molar-refractivity contribution in [2.24, 2.45) is 0 Å². The molecule has 0 spiro atoms. The van der Waals surface area contributed by atoms with E-state index in [4.69, 9.17) is 0 Å². The van der Waals surface area contributed by atoms with Crippen molar-refractivity contribution < 1.29 is 9.53 Å². The van der Waals surface area contributed by atoms with Gasteiger partial charge < -0.3 is 4.74 Å². The van der Waals surface area contributed by atoms with Crippen molar-refractivity contribution in [2.45, 2.75) is 58.3 Å². The van der Waals surface area contributed by atoms with Gasteiger partial charge in [-0.15, -0.1) is 0 Å². The van der Waals surface area contributed by atoms with Gasteiger partial charge in [-0.1, -0.05) is 37.8 Å². The SMILES string of the molecule is CCCCC/C=C\CCCCC#CC(=O)OC. The number of ether oxygens (including phenoxy) is 1. The van der Waals surface area contributed by atoms with Crippen LogP contribution >= 0.6 is 0 Å². The molecule has 0 bridgehead atoms. The third-order valence-electron chi connectivity index (χ3n) is 2.44. The van der Waals surface area contributed by atoms with Crippen molar-refractivity contribution in [1.82, 2.24) is 0 Å². The molecule has 0 aromatic carbocycles. The molecule has 0 fully saturated rings. The van der Waals surface area contributed by atoms with E-state index < -0.39 is 5.97 Å². The summed E-state index contributed by atoms with van der Waals surface area (Å²) in [5.74, 6) is 4.79. The van der Waals surface area contributed by atoms with Gasteiger partial charge in [-0.2, -0.15) is 0 Å². The Kier molecular flexibility index (Phi) is 11.9. The van der Waals surface area contributed by atoms with Crippen LogP contribution < -0.4 is 0 Å². The summed E-state index contributed by atoms with van der Waals surface area (Å²) in [4.78, 5) is 10.7. The number of hydrogen-bond donors (Lipinski definition) is 0. The highest BCUT2D eigenvalue weighted by Crippen LogP contribution is 2.03. The number of carbonyl (C=O) groups excluding carboxylic acids is 1.